The van der Waals surface area contributed by atoms with E-state index in [1.807, 2.05) is 38.1 Å². The van der Waals surface area contributed by atoms with E-state index in [9.17, 15) is 10.1 Å². The Morgan fingerprint density at radius 1 is 1.33 bits per heavy atom. The second-order valence-electron chi connectivity index (χ2n) is 5.57. The maximum Gasteiger partial charge on any atom is 0.262 e. The van der Waals surface area contributed by atoms with Gasteiger partial charge in [-0.25, -0.2) is 0 Å². The number of carbonyl (C=O) groups excluding carboxylic acids is 1. The van der Waals surface area contributed by atoms with E-state index >= 15 is 0 Å². The summed E-state index contributed by atoms with van der Waals surface area (Å²) in [6, 6.07) is 9.33. The molecule has 0 spiro atoms. The molecule has 0 saturated heterocycles. The van der Waals surface area contributed by atoms with Crippen LogP contribution in [0.1, 0.15) is 22.5 Å². The quantitative estimate of drug-likeness (QED) is 0.669. The van der Waals surface area contributed by atoms with E-state index in [4.69, 9.17) is 9.47 Å². The smallest absolute Gasteiger partial charge is 0.262 e. The highest BCUT2D eigenvalue weighted by Crippen LogP contribution is 2.32. The lowest BCUT2D eigenvalue weighted by atomic mass is 10.1. The highest BCUT2D eigenvalue weighted by Gasteiger charge is 2.14. The van der Waals surface area contributed by atoms with Crippen LogP contribution in [0.4, 0.5) is 0 Å². The molecule has 6 nitrogen and oxygen atoms in total. The molecule has 6 heteroatoms. The first-order valence-electron chi connectivity index (χ1n) is 7.51. The van der Waals surface area contributed by atoms with Gasteiger partial charge in [0.1, 0.15) is 11.6 Å². The summed E-state index contributed by atoms with van der Waals surface area (Å²) in [5.74, 6) is 0.950. The first kappa shape index (κ1) is 15.7. The van der Waals surface area contributed by atoms with Crippen molar-refractivity contribution in [2.75, 3.05) is 6.79 Å². The van der Waals surface area contributed by atoms with Gasteiger partial charge in [-0.15, -0.1) is 0 Å². The van der Waals surface area contributed by atoms with Crippen LogP contribution >= 0.6 is 0 Å². The van der Waals surface area contributed by atoms with Crippen molar-refractivity contribution < 1.29 is 14.3 Å². The highest BCUT2D eigenvalue weighted by molar-refractivity contribution is 6.01. The highest BCUT2D eigenvalue weighted by atomic mass is 16.7. The average Bonchev–Trinajstić information content (AvgIpc) is 3.15. The third-order valence-electron chi connectivity index (χ3n) is 3.74. The average molecular weight is 323 g/mol. The zero-order chi connectivity index (χ0) is 17.1. The van der Waals surface area contributed by atoms with Crippen LogP contribution in [-0.4, -0.2) is 17.7 Å². The molecule has 0 bridgehead atoms. The number of aromatic nitrogens is 1. The van der Waals surface area contributed by atoms with Crippen molar-refractivity contribution in [2.45, 2.75) is 20.4 Å². The van der Waals surface area contributed by atoms with Crippen LogP contribution in [0.15, 0.2) is 29.8 Å². The van der Waals surface area contributed by atoms with Crippen molar-refractivity contribution in [3.05, 3.63) is 52.4 Å². The number of nitrogens with one attached hydrogen (secondary N) is 2. The summed E-state index contributed by atoms with van der Waals surface area (Å²) in [5, 5.41) is 12.0. The number of amides is 1. The molecule has 0 atom stereocenters. The Morgan fingerprint density at radius 2 is 2.12 bits per heavy atom. The van der Waals surface area contributed by atoms with Crippen LogP contribution in [0, 0.1) is 25.2 Å². The number of hydrogen-bond donors (Lipinski definition) is 2. The van der Waals surface area contributed by atoms with Crippen molar-refractivity contribution in [2.24, 2.45) is 0 Å². The third-order valence-corrected chi connectivity index (χ3v) is 3.74. The minimum Gasteiger partial charge on any atom is -0.454 e. The second kappa shape index (κ2) is 6.50. The van der Waals surface area contributed by atoms with Gasteiger partial charge in [0.15, 0.2) is 11.5 Å². The normalized spacial score (nSPS) is 12.8. The fraction of sp³-hybridized carbons (Fsp3) is 0.222. The van der Waals surface area contributed by atoms with E-state index < -0.39 is 5.91 Å². The number of ether oxygens (including phenoxy) is 2. The molecular formula is C18H17N3O3. The van der Waals surface area contributed by atoms with Crippen LogP contribution in [0.3, 0.4) is 0 Å². The van der Waals surface area contributed by atoms with Gasteiger partial charge in [0.05, 0.1) is 0 Å². The molecular weight excluding hydrogens is 306 g/mol. The number of benzene rings is 1. The van der Waals surface area contributed by atoms with Gasteiger partial charge >= 0.3 is 0 Å². The second-order valence-corrected chi connectivity index (χ2v) is 5.57. The lowest BCUT2D eigenvalue weighted by Gasteiger charge is -2.05. The summed E-state index contributed by atoms with van der Waals surface area (Å²) in [4.78, 5) is 15.4. The van der Waals surface area contributed by atoms with Crippen molar-refractivity contribution in [3.8, 4) is 17.6 Å². The summed E-state index contributed by atoms with van der Waals surface area (Å²) in [6.45, 7) is 4.34. The van der Waals surface area contributed by atoms with E-state index in [-0.39, 0.29) is 12.4 Å². The zero-order valence-corrected chi connectivity index (χ0v) is 13.5. The van der Waals surface area contributed by atoms with Gasteiger partial charge in [0.25, 0.3) is 5.91 Å². The van der Waals surface area contributed by atoms with Gasteiger partial charge in [-0.2, -0.15) is 5.26 Å². The van der Waals surface area contributed by atoms with E-state index in [2.05, 4.69) is 10.3 Å². The number of H-pyrrole nitrogens is 1. The largest absolute Gasteiger partial charge is 0.454 e. The van der Waals surface area contributed by atoms with E-state index in [1.165, 1.54) is 0 Å². The molecule has 2 aromatic rings. The first-order valence-corrected chi connectivity index (χ1v) is 7.51. The number of aromatic amines is 1. The van der Waals surface area contributed by atoms with Gasteiger partial charge < -0.3 is 19.8 Å². The van der Waals surface area contributed by atoms with Crippen LogP contribution in [0.2, 0.25) is 0 Å². The zero-order valence-electron chi connectivity index (χ0n) is 13.5. The molecule has 0 radical (unpaired) electrons. The SMILES string of the molecule is Cc1cc(/C=C(/C#N)C(=O)NCc2ccc3c(c2)OCO3)c(C)[nH]1. The van der Waals surface area contributed by atoms with Gasteiger partial charge in [-0.05, 0) is 49.2 Å². The summed E-state index contributed by atoms with van der Waals surface area (Å²) in [6.07, 6.45) is 1.59. The maximum absolute atomic E-state index is 12.2. The molecule has 1 aliphatic heterocycles. The molecule has 2 N–H and O–H groups in total. The van der Waals surface area contributed by atoms with E-state index in [1.54, 1.807) is 12.1 Å². The summed E-state index contributed by atoms with van der Waals surface area (Å²) in [7, 11) is 0. The van der Waals surface area contributed by atoms with E-state index in [0.717, 1.165) is 22.5 Å². The standard InChI is InChI=1S/C18H17N3O3/c1-11-5-14(12(2)21-11)7-15(8-19)18(22)20-9-13-3-4-16-17(6-13)24-10-23-16/h3-7,21H,9-10H2,1-2H3,(H,20,22)/b15-7-. The molecule has 0 saturated carbocycles. The van der Waals surface area contributed by atoms with Gasteiger partial charge in [0.2, 0.25) is 6.79 Å². The van der Waals surface area contributed by atoms with Gasteiger partial charge in [0, 0.05) is 17.9 Å². The minimum atomic E-state index is -0.409. The van der Waals surface area contributed by atoms with Crippen molar-refractivity contribution >= 4 is 12.0 Å². The lowest BCUT2D eigenvalue weighted by molar-refractivity contribution is -0.117. The number of nitriles is 1. The predicted octanol–water partition coefficient (Wildman–Crippen LogP) is 2.58. The lowest BCUT2D eigenvalue weighted by Crippen LogP contribution is -2.23. The van der Waals surface area contributed by atoms with Crippen molar-refractivity contribution in [1.29, 1.82) is 5.26 Å². The number of fused-ring (bicyclic) bond motifs is 1. The Hall–Kier alpha value is -3.20. The number of aryl methyl sites for hydroxylation is 2. The summed E-state index contributed by atoms with van der Waals surface area (Å²) in [5.41, 5.74) is 3.68. The first-order chi connectivity index (χ1) is 11.6. The molecule has 122 valence electrons. The van der Waals surface area contributed by atoms with Crippen LogP contribution in [-0.2, 0) is 11.3 Å². The monoisotopic (exact) mass is 323 g/mol. The number of nitrogens with zero attached hydrogens (tertiary/aromatic N) is 1. The molecule has 0 fully saturated rings. The number of hydrogen-bond acceptors (Lipinski definition) is 4. The van der Waals surface area contributed by atoms with Crippen LogP contribution in [0.5, 0.6) is 11.5 Å². The number of carbonyl (C=O) groups is 1. The molecule has 1 amide bonds. The molecule has 2 heterocycles. The summed E-state index contributed by atoms with van der Waals surface area (Å²) < 4.78 is 10.6. The molecule has 1 aliphatic rings. The third kappa shape index (κ3) is 3.25. The van der Waals surface area contributed by atoms with Gasteiger partial charge in [-0.3, -0.25) is 4.79 Å². The molecule has 3 rings (SSSR count). The molecule has 0 aliphatic carbocycles. The van der Waals surface area contributed by atoms with Gasteiger partial charge in [-0.1, -0.05) is 6.07 Å². The Balaban J connectivity index is 1.69. The fourth-order valence-electron chi connectivity index (χ4n) is 2.53. The molecule has 0 unspecified atom stereocenters. The van der Waals surface area contributed by atoms with Crippen LogP contribution in [0.25, 0.3) is 6.08 Å². The van der Waals surface area contributed by atoms with Crippen molar-refractivity contribution in [3.63, 3.8) is 0 Å². The van der Waals surface area contributed by atoms with Crippen LogP contribution < -0.4 is 14.8 Å². The fourth-order valence-corrected chi connectivity index (χ4v) is 2.53. The predicted molar refractivity (Wildman–Crippen MR) is 88.3 cm³/mol. The maximum atomic E-state index is 12.2. The topological polar surface area (TPSA) is 87.1 Å². The Kier molecular flexibility index (Phi) is 4.25. The number of rotatable bonds is 4. The van der Waals surface area contributed by atoms with Crippen molar-refractivity contribution in [1.82, 2.24) is 10.3 Å². The molecule has 24 heavy (non-hydrogen) atoms. The Bertz CT molecular complexity index is 859. The Morgan fingerprint density at radius 3 is 2.83 bits per heavy atom. The molecule has 1 aromatic carbocycles. The Labute approximate surface area is 139 Å². The molecule has 1 aromatic heterocycles. The summed E-state index contributed by atoms with van der Waals surface area (Å²) >= 11 is 0. The van der Waals surface area contributed by atoms with E-state index in [0.29, 0.717) is 18.0 Å². The minimum absolute atomic E-state index is 0.0674.